The van der Waals surface area contributed by atoms with E-state index in [-0.39, 0.29) is 0 Å². The maximum absolute atomic E-state index is 11.8. The molecule has 5 nitrogen and oxygen atoms in total. The van der Waals surface area contributed by atoms with Crippen molar-refractivity contribution in [2.24, 2.45) is 5.73 Å². The number of nitrogens with one attached hydrogen (secondary N) is 1. The average molecular weight is 377 g/mol. The molecule has 0 atom stereocenters. The Morgan fingerprint density at radius 2 is 1.78 bits per heavy atom. The molecule has 6 heteroatoms. The first-order valence-electron chi connectivity index (χ1n) is 8.53. The SMILES string of the molecule is CS(=O)(=O)c1cccc(-c2cnc3[nH]cc(-c4ccc(CN)cc4)c3c2)c1. The van der Waals surface area contributed by atoms with Crippen LogP contribution in [0.3, 0.4) is 0 Å². The standard InChI is InChI=1S/C21H19N3O2S/c1-27(25,26)18-4-2-3-16(9-18)17-10-19-20(13-24-21(19)23-12-17)15-7-5-14(11-22)6-8-15/h2-10,12-13H,11,22H2,1H3,(H,23,24). The molecule has 0 saturated heterocycles. The zero-order chi connectivity index (χ0) is 19.0. The van der Waals surface area contributed by atoms with E-state index in [1.807, 2.05) is 42.6 Å². The molecule has 0 aliphatic carbocycles. The molecule has 4 aromatic rings. The number of H-pyrrole nitrogens is 1. The van der Waals surface area contributed by atoms with Gasteiger partial charge in [0.1, 0.15) is 5.65 Å². The van der Waals surface area contributed by atoms with Gasteiger partial charge in [-0.25, -0.2) is 13.4 Å². The van der Waals surface area contributed by atoms with E-state index in [9.17, 15) is 8.42 Å². The highest BCUT2D eigenvalue weighted by molar-refractivity contribution is 7.90. The molecule has 136 valence electrons. The molecule has 0 aliphatic heterocycles. The topological polar surface area (TPSA) is 88.8 Å². The van der Waals surface area contributed by atoms with E-state index in [0.29, 0.717) is 11.4 Å². The predicted octanol–water partition coefficient (Wildman–Crippen LogP) is 3.76. The molecule has 0 unspecified atom stereocenters. The third kappa shape index (κ3) is 3.37. The lowest BCUT2D eigenvalue weighted by molar-refractivity contribution is 0.602. The number of aromatic nitrogens is 2. The zero-order valence-electron chi connectivity index (χ0n) is 14.8. The minimum atomic E-state index is -3.26. The van der Waals surface area contributed by atoms with Crippen LogP contribution in [0.15, 0.2) is 71.9 Å². The number of nitrogens with zero attached hydrogens (tertiary/aromatic N) is 1. The number of hydrogen-bond acceptors (Lipinski definition) is 4. The van der Waals surface area contributed by atoms with Crippen LogP contribution in [0.25, 0.3) is 33.3 Å². The fraction of sp³-hybridized carbons (Fsp3) is 0.0952. The molecule has 0 fully saturated rings. The van der Waals surface area contributed by atoms with Gasteiger partial charge in [0.05, 0.1) is 4.90 Å². The average Bonchev–Trinajstić information content (AvgIpc) is 3.11. The minimum Gasteiger partial charge on any atom is -0.346 e. The molecule has 3 N–H and O–H groups in total. The largest absolute Gasteiger partial charge is 0.346 e. The first-order valence-corrected chi connectivity index (χ1v) is 10.4. The monoisotopic (exact) mass is 377 g/mol. The van der Waals surface area contributed by atoms with Crippen molar-refractivity contribution >= 4 is 20.9 Å². The van der Waals surface area contributed by atoms with Crippen LogP contribution < -0.4 is 5.73 Å². The van der Waals surface area contributed by atoms with Crippen LogP contribution in [-0.4, -0.2) is 24.6 Å². The van der Waals surface area contributed by atoms with Crippen molar-refractivity contribution in [3.63, 3.8) is 0 Å². The number of fused-ring (bicyclic) bond motifs is 1. The van der Waals surface area contributed by atoms with Crippen LogP contribution in [0.1, 0.15) is 5.56 Å². The van der Waals surface area contributed by atoms with Gasteiger partial charge in [-0.1, -0.05) is 36.4 Å². The molecule has 2 aromatic heterocycles. The van der Waals surface area contributed by atoms with Gasteiger partial charge in [0.25, 0.3) is 0 Å². The summed E-state index contributed by atoms with van der Waals surface area (Å²) in [6.07, 6.45) is 4.90. The lowest BCUT2D eigenvalue weighted by Gasteiger charge is -2.06. The third-order valence-electron chi connectivity index (χ3n) is 4.63. The molecule has 4 rings (SSSR count). The fourth-order valence-electron chi connectivity index (χ4n) is 3.13. The highest BCUT2D eigenvalue weighted by Gasteiger charge is 2.11. The van der Waals surface area contributed by atoms with E-state index >= 15 is 0 Å². The van der Waals surface area contributed by atoms with E-state index in [4.69, 9.17) is 5.73 Å². The van der Waals surface area contributed by atoms with E-state index in [1.54, 1.807) is 24.4 Å². The van der Waals surface area contributed by atoms with Crippen LogP contribution >= 0.6 is 0 Å². The minimum absolute atomic E-state index is 0.298. The van der Waals surface area contributed by atoms with Gasteiger partial charge in [0, 0.05) is 41.7 Å². The predicted molar refractivity (Wildman–Crippen MR) is 108 cm³/mol. The lowest BCUT2D eigenvalue weighted by atomic mass is 10.0. The summed E-state index contributed by atoms with van der Waals surface area (Å²) in [5.74, 6) is 0. The Labute approximate surface area is 157 Å². The molecule has 0 spiro atoms. The first-order chi connectivity index (χ1) is 13.0. The normalized spacial score (nSPS) is 11.8. The van der Waals surface area contributed by atoms with Gasteiger partial charge < -0.3 is 10.7 Å². The van der Waals surface area contributed by atoms with E-state index in [2.05, 4.69) is 9.97 Å². The van der Waals surface area contributed by atoms with Crippen molar-refractivity contribution < 1.29 is 8.42 Å². The van der Waals surface area contributed by atoms with E-state index in [1.165, 1.54) is 6.26 Å². The molecular weight excluding hydrogens is 358 g/mol. The Bertz CT molecular complexity index is 1230. The summed E-state index contributed by atoms with van der Waals surface area (Å²) in [5, 5.41) is 0.984. The number of aromatic amines is 1. The molecule has 2 heterocycles. The van der Waals surface area contributed by atoms with Gasteiger partial charge in [0.15, 0.2) is 9.84 Å². The molecular formula is C21H19N3O2S. The van der Waals surface area contributed by atoms with Crippen molar-refractivity contribution in [1.29, 1.82) is 0 Å². The Hall–Kier alpha value is -2.96. The summed E-state index contributed by atoms with van der Waals surface area (Å²) in [5.41, 5.74) is 11.3. The van der Waals surface area contributed by atoms with Crippen molar-refractivity contribution in [2.45, 2.75) is 11.4 Å². The number of hydrogen-bond donors (Lipinski definition) is 2. The number of pyridine rings is 1. The maximum Gasteiger partial charge on any atom is 0.175 e. The fourth-order valence-corrected chi connectivity index (χ4v) is 3.79. The maximum atomic E-state index is 11.8. The first kappa shape index (κ1) is 17.5. The van der Waals surface area contributed by atoms with Gasteiger partial charge in [-0.2, -0.15) is 0 Å². The summed E-state index contributed by atoms with van der Waals surface area (Å²) in [6, 6.07) is 17.1. The summed E-state index contributed by atoms with van der Waals surface area (Å²) >= 11 is 0. The lowest BCUT2D eigenvalue weighted by Crippen LogP contribution is -1.96. The van der Waals surface area contributed by atoms with Crippen LogP contribution in [0.5, 0.6) is 0 Å². The van der Waals surface area contributed by atoms with Gasteiger partial charge in [-0.15, -0.1) is 0 Å². The summed E-state index contributed by atoms with van der Waals surface area (Å²) in [6.45, 7) is 0.510. The van der Waals surface area contributed by atoms with Gasteiger partial charge in [-0.05, 0) is 34.9 Å². The van der Waals surface area contributed by atoms with Crippen LogP contribution in [0, 0.1) is 0 Å². The smallest absolute Gasteiger partial charge is 0.175 e. The number of rotatable bonds is 4. The van der Waals surface area contributed by atoms with Gasteiger partial charge >= 0.3 is 0 Å². The molecule has 0 bridgehead atoms. The molecule has 0 radical (unpaired) electrons. The van der Waals surface area contributed by atoms with Crippen molar-refractivity contribution in [2.75, 3.05) is 6.26 Å². The van der Waals surface area contributed by atoms with Crippen molar-refractivity contribution in [3.8, 4) is 22.3 Å². The second kappa shape index (κ2) is 6.64. The van der Waals surface area contributed by atoms with E-state index < -0.39 is 9.84 Å². The van der Waals surface area contributed by atoms with Crippen LogP contribution in [0.2, 0.25) is 0 Å². The quantitative estimate of drug-likeness (QED) is 0.567. The Kier molecular flexibility index (Phi) is 4.30. The van der Waals surface area contributed by atoms with Gasteiger partial charge in [0.2, 0.25) is 0 Å². The molecule has 0 amide bonds. The Morgan fingerprint density at radius 1 is 1.00 bits per heavy atom. The summed E-state index contributed by atoms with van der Waals surface area (Å²) in [4.78, 5) is 8.00. The number of sulfone groups is 1. The second-order valence-corrected chi connectivity index (χ2v) is 8.54. The highest BCUT2D eigenvalue weighted by Crippen LogP contribution is 2.31. The van der Waals surface area contributed by atoms with Crippen LogP contribution in [0.4, 0.5) is 0 Å². The Morgan fingerprint density at radius 3 is 2.48 bits per heavy atom. The van der Waals surface area contributed by atoms with Crippen molar-refractivity contribution in [1.82, 2.24) is 9.97 Å². The number of benzene rings is 2. The summed E-state index contributed by atoms with van der Waals surface area (Å²) in [7, 11) is -3.26. The molecule has 0 aliphatic rings. The second-order valence-electron chi connectivity index (χ2n) is 6.52. The van der Waals surface area contributed by atoms with Crippen LogP contribution in [-0.2, 0) is 16.4 Å². The summed E-state index contributed by atoms with van der Waals surface area (Å²) < 4.78 is 23.7. The number of nitrogens with two attached hydrogens (primary N) is 1. The Balaban J connectivity index is 1.82. The third-order valence-corrected chi connectivity index (χ3v) is 5.74. The molecule has 2 aromatic carbocycles. The molecule has 0 saturated carbocycles. The zero-order valence-corrected chi connectivity index (χ0v) is 15.6. The van der Waals surface area contributed by atoms with Crippen molar-refractivity contribution in [3.05, 3.63) is 72.6 Å². The molecule has 27 heavy (non-hydrogen) atoms. The van der Waals surface area contributed by atoms with Gasteiger partial charge in [-0.3, -0.25) is 0 Å². The highest BCUT2D eigenvalue weighted by atomic mass is 32.2. The van der Waals surface area contributed by atoms with E-state index in [0.717, 1.165) is 38.9 Å².